The van der Waals surface area contributed by atoms with Crippen LogP contribution in [0.15, 0.2) is 0 Å². The van der Waals surface area contributed by atoms with Gasteiger partial charge in [0.05, 0.1) is 25.4 Å². The maximum absolute atomic E-state index is 10.4. The van der Waals surface area contributed by atoms with Crippen molar-refractivity contribution in [2.24, 2.45) is 0 Å². The summed E-state index contributed by atoms with van der Waals surface area (Å²) in [7, 11) is -16.2. The Morgan fingerprint density at radius 1 is 0.828 bits per heavy atom. The Kier molecular flexibility index (Phi) is 17.4. The topological polar surface area (TPSA) is 221 Å². The third-order valence-electron chi connectivity index (χ3n) is 3.14. The molecular formula is C13H33O13P3. The summed E-state index contributed by atoms with van der Waals surface area (Å²) in [6, 6.07) is 0. The van der Waals surface area contributed by atoms with Gasteiger partial charge in [-0.15, -0.1) is 0 Å². The molecule has 0 heterocycles. The van der Waals surface area contributed by atoms with Crippen LogP contribution >= 0.6 is 23.5 Å². The van der Waals surface area contributed by atoms with Crippen LogP contribution in [-0.4, -0.2) is 60.1 Å². The van der Waals surface area contributed by atoms with Gasteiger partial charge >= 0.3 is 23.5 Å². The van der Waals surface area contributed by atoms with E-state index in [4.69, 9.17) is 34.3 Å². The highest BCUT2D eigenvalue weighted by molar-refractivity contribution is 7.66. The minimum Gasteiger partial charge on any atom is -0.394 e. The molecule has 0 aliphatic heterocycles. The van der Waals surface area contributed by atoms with E-state index in [0.29, 0.717) is 6.61 Å². The zero-order valence-electron chi connectivity index (χ0n) is 16.4. The Morgan fingerprint density at radius 3 is 1.69 bits per heavy atom. The van der Waals surface area contributed by atoms with Crippen LogP contribution in [0, 0.1) is 0 Å². The molecule has 0 fully saturated rings. The fourth-order valence-electron chi connectivity index (χ4n) is 1.86. The fourth-order valence-corrected chi connectivity index (χ4v) is 4.39. The van der Waals surface area contributed by atoms with Crippen molar-refractivity contribution in [3.63, 3.8) is 0 Å². The van der Waals surface area contributed by atoms with Crippen molar-refractivity contribution in [2.75, 3.05) is 13.2 Å². The monoisotopic (exact) mass is 490 g/mol. The Bertz CT molecular complexity index is 518. The van der Waals surface area contributed by atoms with E-state index in [1.54, 1.807) is 6.92 Å². The zero-order chi connectivity index (χ0) is 23.1. The lowest BCUT2D eigenvalue weighted by Crippen LogP contribution is -2.21. The molecule has 0 saturated carbocycles. The molecule has 0 bridgehead atoms. The predicted molar refractivity (Wildman–Crippen MR) is 103 cm³/mol. The minimum absolute atomic E-state index is 0.0176. The van der Waals surface area contributed by atoms with Crippen molar-refractivity contribution in [3.8, 4) is 0 Å². The molecule has 0 radical (unpaired) electrons. The number of ether oxygens (including phenoxy) is 1. The first kappa shape index (κ1) is 31.5. The molecule has 178 valence electrons. The first-order chi connectivity index (χ1) is 13.1. The van der Waals surface area contributed by atoms with E-state index in [1.165, 1.54) is 32.1 Å². The van der Waals surface area contributed by atoms with Crippen LogP contribution in [-0.2, 0) is 27.1 Å². The summed E-state index contributed by atoms with van der Waals surface area (Å²) in [4.78, 5) is 40.2. The number of hydrogen-bond acceptors (Lipinski definition) is 8. The van der Waals surface area contributed by atoms with Gasteiger partial charge in [0, 0.05) is 0 Å². The van der Waals surface area contributed by atoms with Gasteiger partial charge in [-0.25, -0.2) is 13.7 Å². The fraction of sp³-hybridized carbons (Fsp3) is 1.00. The molecular weight excluding hydrogens is 457 g/mol. The summed E-state index contributed by atoms with van der Waals surface area (Å²) in [6.07, 6.45) is 7.71. The van der Waals surface area contributed by atoms with Crippen molar-refractivity contribution in [1.29, 1.82) is 0 Å². The van der Waals surface area contributed by atoms with E-state index in [1.807, 2.05) is 0 Å². The largest absolute Gasteiger partial charge is 0.490 e. The van der Waals surface area contributed by atoms with E-state index in [0.717, 1.165) is 12.8 Å². The average Bonchev–Trinajstić information content (AvgIpc) is 2.51. The summed E-state index contributed by atoms with van der Waals surface area (Å²) in [5.74, 6) is 0. The van der Waals surface area contributed by atoms with E-state index in [9.17, 15) is 18.8 Å². The highest BCUT2D eigenvalue weighted by Crippen LogP contribution is 2.64. The second kappa shape index (κ2) is 16.0. The van der Waals surface area contributed by atoms with Crippen LogP contribution in [0.3, 0.4) is 0 Å². The average molecular weight is 490 g/mol. The lowest BCUT2D eigenvalue weighted by molar-refractivity contribution is -0.0259. The Morgan fingerprint density at radius 2 is 1.28 bits per heavy atom. The van der Waals surface area contributed by atoms with E-state index in [-0.39, 0.29) is 18.8 Å². The van der Waals surface area contributed by atoms with Gasteiger partial charge < -0.3 is 39.4 Å². The third-order valence-corrected chi connectivity index (χ3v) is 6.49. The van der Waals surface area contributed by atoms with E-state index < -0.39 is 23.5 Å². The summed E-state index contributed by atoms with van der Waals surface area (Å²) in [5.41, 5.74) is 0. The number of rotatable bonds is 15. The lowest BCUT2D eigenvalue weighted by atomic mass is 10.1. The Balaban J connectivity index is 0. The van der Waals surface area contributed by atoms with Crippen LogP contribution in [0.5, 0.6) is 0 Å². The summed E-state index contributed by atoms with van der Waals surface area (Å²) in [5, 5.41) is 18.3. The Labute approximate surface area is 170 Å². The lowest BCUT2D eigenvalue weighted by Gasteiger charge is -2.14. The van der Waals surface area contributed by atoms with Crippen LogP contribution in [0.1, 0.15) is 58.8 Å². The molecule has 29 heavy (non-hydrogen) atoms. The van der Waals surface area contributed by atoms with Crippen molar-refractivity contribution in [2.45, 2.75) is 71.0 Å². The predicted octanol–water partition coefficient (Wildman–Crippen LogP) is 1.80. The van der Waals surface area contributed by atoms with Crippen molar-refractivity contribution >= 4 is 23.5 Å². The molecule has 0 saturated heterocycles. The zero-order valence-corrected chi connectivity index (χ0v) is 19.1. The van der Waals surface area contributed by atoms with Crippen LogP contribution in [0.4, 0.5) is 0 Å². The molecule has 13 nitrogen and oxygen atoms in total. The molecule has 2 atom stereocenters. The molecule has 0 aliphatic carbocycles. The number of unbranched alkanes of at least 4 members (excludes halogenated alkanes) is 5. The number of aliphatic hydroxyl groups is 2. The number of hydrogen-bond donors (Lipinski definition) is 7. The van der Waals surface area contributed by atoms with Crippen molar-refractivity contribution in [1.82, 2.24) is 0 Å². The van der Waals surface area contributed by atoms with Gasteiger partial charge in [0.1, 0.15) is 0 Å². The van der Waals surface area contributed by atoms with Crippen molar-refractivity contribution in [3.05, 3.63) is 0 Å². The molecule has 0 amide bonds. The molecule has 2 unspecified atom stereocenters. The first-order valence-electron chi connectivity index (χ1n) is 8.89. The van der Waals surface area contributed by atoms with Gasteiger partial charge in [-0.2, -0.15) is 8.62 Å². The Hall–Kier alpha value is 0.290. The molecule has 16 heteroatoms. The number of phosphoric acid groups is 3. The standard InChI is InChI=1S/C13H28O3.H5O10P3/c1-3-4-5-6-7-8-9-13(15)11-16-12(2)10-14;1-11(2,3)9-13(7,8)10-12(4,5)6/h12-15H,3-11H2,1-2H3;(H,7,8)(H2,1,2,3)(H2,4,5,6). The molecule has 0 aliphatic rings. The van der Waals surface area contributed by atoms with Gasteiger partial charge in [0.2, 0.25) is 0 Å². The molecule has 0 rings (SSSR count). The molecule has 0 spiro atoms. The van der Waals surface area contributed by atoms with Crippen LogP contribution < -0.4 is 0 Å². The second-order valence-electron chi connectivity index (χ2n) is 6.15. The van der Waals surface area contributed by atoms with Gasteiger partial charge in [0.15, 0.2) is 0 Å². The summed E-state index contributed by atoms with van der Waals surface area (Å²) >= 11 is 0. The first-order valence-corrected chi connectivity index (χ1v) is 13.4. The van der Waals surface area contributed by atoms with Crippen LogP contribution in [0.25, 0.3) is 0 Å². The molecule has 0 aromatic heterocycles. The molecule has 7 N–H and O–H groups in total. The second-order valence-corrected chi connectivity index (χ2v) is 10.4. The quantitative estimate of drug-likeness (QED) is 0.129. The highest BCUT2D eigenvalue weighted by Gasteiger charge is 2.38. The molecule has 0 aromatic rings. The maximum atomic E-state index is 10.4. The van der Waals surface area contributed by atoms with Gasteiger partial charge in [0.25, 0.3) is 0 Å². The number of aliphatic hydroxyl groups excluding tert-OH is 2. The smallest absolute Gasteiger partial charge is 0.394 e. The van der Waals surface area contributed by atoms with E-state index in [2.05, 4.69) is 15.5 Å². The van der Waals surface area contributed by atoms with Gasteiger partial charge in [-0.3, -0.25) is 0 Å². The van der Waals surface area contributed by atoms with Crippen molar-refractivity contribution < 1.29 is 61.7 Å². The highest BCUT2D eigenvalue weighted by atomic mass is 31.3. The summed E-state index contributed by atoms with van der Waals surface area (Å²) in [6.45, 7) is 4.38. The minimum atomic E-state index is -5.46. The van der Waals surface area contributed by atoms with Gasteiger partial charge in [-0.05, 0) is 13.3 Å². The maximum Gasteiger partial charge on any atom is 0.490 e. The third kappa shape index (κ3) is 26.3. The van der Waals surface area contributed by atoms with E-state index >= 15 is 0 Å². The SMILES string of the molecule is CCCCCCCCC(O)COC(C)CO.O=P(O)(O)OP(=O)(O)OP(=O)(O)O. The normalized spacial score (nSPS) is 14.8. The van der Waals surface area contributed by atoms with Crippen LogP contribution in [0.2, 0.25) is 0 Å². The van der Waals surface area contributed by atoms with Gasteiger partial charge in [-0.1, -0.05) is 45.4 Å². The summed E-state index contributed by atoms with van der Waals surface area (Å²) < 4.78 is 41.6. The molecule has 0 aromatic carbocycles.